The summed E-state index contributed by atoms with van der Waals surface area (Å²) in [6.07, 6.45) is 8.71. The highest BCUT2D eigenvalue weighted by Crippen LogP contribution is 2.24. The zero-order valence-corrected chi connectivity index (χ0v) is 15.5. The molecule has 5 heteroatoms. The lowest BCUT2D eigenvalue weighted by Gasteiger charge is -2.42. The van der Waals surface area contributed by atoms with Crippen molar-refractivity contribution < 1.29 is 5.11 Å². The van der Waals surface area contributed by atoms with Crippen LogP contribution >= 0.6 is 0 Å². The average molecular weight is 354 g/mol. The zero-order valence-electron chi connectivity index (χ0n) is 15.5. The zero-order chi connectivity index (χ0) is 17.8. The SMILES string of the molecule is OCC1CCN(C2CCCN(Cc3cccc(-n4cccn4)c3)C2)CC1. The maximum Gasteiger partial charge on any atom is 0.0648 e. The molecule has 2 saturated heterocycles. The van der Waals surface area contributed by atoms with Gasteiger partial charge in [0.25, 0.3) is 0 Å². The van der Waals surface area contributed by atoms with Crippen molar-refractivity contribution in [1.82, 2.24) is 19.6 Å². The molecule has 1 aromatic heterocycles. The highest BCUT2D eigenvalue weighted by Gasteiger charge is 2.28. The van der Waals surface area contributed by atoms with Crippen molar-refractivity contribution in [2.75, 3.05) is 32.8 Å². The van der Waals surface area contributed by atoms with E-state index < -0.39 is 0 Å². The van der Waals surface area contributed by atoms with Crippen LogP contribution in [0.2, 0.25) is 0 Å². The van der Waals surface area contributed by atoms with Crippen LogP contribution in [0.3, 0.4) is 0 Å². The van der Waals surface area contributed by atoms with Gasteiger partial charge in [0.2, 0.25) is 0 Å². The molecule has 0 saturated carbocycles. The highest BCUT2D eigenvalue weighted by atomic mass is 16.3. The quantitative estimate of drug-likeness (QED) is 0.896. The normalized spacial score (nSPS) is 23.3. The van der Waals surface area contributed by atoms with Crippen LogP contribution in [-0.2, 0) is 6.54 Å². The van der Waals surface area contributed by atoms with Crippen LogP contribution in [0.1, 0.15) is 31.2 Å². The van der Waals surface area contributed by atoms with E-state index in [1.807, 2.05) is 23.1 Å². The number of piperidine rings is 2. The van der Waals surface area contributed by atoms with E-state index in [4.69, 9.17) is 0 Å². The van der Waals surface area contributed by atoms with Crippen molar-refractivity contribution in [1.29, 1.82) is 0 Å². The number of aliphatic hydroxyl groups is 1. The lowest BCUT2D eigenvalue weighted by atomic mass is 9.94. The fraction of sp³-hybridized carbons (Fsp3) is 0.571. The van der Waals surface area contributed by atoms with E-state index in [0.29, 0.717) is 18.6 Å². The molecule has 2 aliphatic heterocycles. The van der Waals surface area contributed by atoms with E-state index in [1.54, 1.807) is 0 Å². The van der Waals surface area contributed by atoms with Crippen LogP contribution in [0.4, 0.5) is 0 Å². The number of benzene rings is 1. The second-order valence-electron chi connectivity index (χ2n) is 7.81. The van der Waals surface area contributed by atoms with Gasteiger partial charge in [0, 0.05) is 38.1 Å². The summed E-state index contributed by atoms with van der Waals surface area (Å²) in [6, 6.07) is 11.4. The summed E-state index contributed by atoms with van der Waals surface area (Å²) >= 11 is 0. The first-order chi connectivity index (χ1) is 12.8. The molecule has 4 rings (SSSR count). The Hall–Kier alpha value is -1.69. The molecule has 5 nitrogen and oxygen atoms in total. The number of hydrogen-bond acceptors (Lipinski definition) is 4. The van der Waals surface area contributed by atoms with Crippen LogP contribution in [-0.4, -0.2) is 63.5 Å². The standard InChI is InChI=1S/C21H30N4O/c26-17-18-7-12-24(13-8-18)21-6-2-10-23(16-21)15-19-4-1-5-20(14-19)25-11-3-9-22-25/h1,3-5,9,11,14,18,21,26H,2,6-8,10,12-13,15-17H2. The molecule has 26 heavy (non-hydrogen) atoms. The molecule has 0 amide bonds. The van der Waals surface area contributed by atoms with Gasteiger partial charge >= 0.3 is 0 Å². The molecular weight excluding hydrogens is 324 g/mol. The topological polar surface area (TPSA) is 44.5 Å². The van der Waals surface area contributed by atoms with Crippen molar-refractivity contribution in [3.05, 3.63) is 48.3 Å². The van der Waals surface area contributed by atoms with E-state index in [0.717, 1.165) is 44.7 Å². The van der Waals surface area contributed by atoms with Gasteiger partial charge in [-0.25, -0.2) is 4.68 Å². The number of rotatable bonds is 5. The lowest BCUT2D eigenvalue weighted by Crippen LogP contribution is -2.50. The molecule has 3 heterocycles. The van der Waals surface area contributed by atoms with Crippen LogP contribution < -0.4 is 0 Å². The Morgan fingerprint density at radius 2 is 1.96 bits per heavy atom. The molecule has 1 unspecified atom stereocenters. The second kappa shape index (κ2) is 8.33. The second-order valence-corrected chi connectivity index (χ2v) is 7.81. The van der Waals surface area contributed by atoms with Gasteiger partial charge in [0.1, 0.15) is 0 Å². The first-order valence-electron chi connectivity index (χ1n) is 9.98. The van der Waals surface area contributed by atoms with Gasteiger partial charge in [-0.05, 0) is 75.0 Å². The number of nitrogens with zero attached hydrogens (tertiary/aromatic N) is 4. The van der Waals surface area contributed by atoms with Gasteiger partial charge in [-0.15, -0.1) is 0 Å². The fourth-order valence-corrected chi connectivity index (χ4v) is 4.45. The summed E-state index contributed by atoms with van der Waals surface area (Å²) < 4.78 is 1.92. The lowest BCUT2D eigenvalue weighted by molar-refractivity contribution is 0.0544. The molecular formula is C21H30N4O. The third kappa shape index (κ3) is 4.17. The number of aromatic nitrogens is 2. The molecule has 2 aromatic rings. The van der Waals surface area contributed by atoms with Crippen molar-refractivity contribution in [2.24, 2.45) is 5.92 Å². The van der Waals surface area contributed by atoms with Crippen molar-refractivity contribution in [2.45, 2.75) is 38.3 Å². The van der Waals surface area contributed by atoms with E-state index in [-0.39, 0.29) is 0 Å². The fourth-order valence-electron chi connectivity index (χ4n) is 4.45. The minimum atomic E-state index is 0.358. The first kappa shape index (κ1) is 17.7. The van der Waals surface area contributed by atoms with Crippen molar-refractivity contribution in [3.8, 4) is 5.69 Å². The molecule has 2 aliphatic rings. The minimum absolute atomic E-state index is 0.358. The predicted octanol–water partition coefficient (Wildman–Crippen LogP) is 2.54. The molecule has 1 aromatic carbocycles. The summed E-state index contributed by atoms with van der Waals surface area (Å²) in [4.78, 5) is 5.27. The molecule has 0 radical (unpaired) electrons. The van der Waals surface area contributed by atoms with Crippen LogP contribution in [0.15, 0.2) is 42.7 Å². The Kier molecular flexibility index (Phi) is 5.68. The Morgan fingerprint density at radius 1 is 1.08 bits per heavy atom. The molecule has 1 N–H and O–H groups in total. The van der Waals surface area contributed by atoms with E-state index in [2.05, 4.69) is 39.2 Å². The van der Waals surface area contributed by atoms with Crippen molar-refractivity contribution >= 4 is 0 Å². The molecule has 0 aliphatic carbocycles. The van der Waals surface area contributed by atoms with Crippen LogP contribution in [0.25, 0.3) is 5.69 Å². The van der Waals surface area contributed by atoms with Crippen LogP contribution in [0, 0.1) is 5.92 Å². The first-order valence-corrected chi connectivity index (χ1v) is 9.98. The van der Waals surface area contributed by atoms with Gasteiger partial charge in [0.15, 0.2) is 0 Å². The molecule has 2 fully saturated rings. The number of hydrogen-bond donors (Lipinski definition) is 1. The summed E-state index contributed by atoms with van der Waals surface area (Å²) in [5.41, 5.74) is 2.49. The van der Waals surface area contributed by atoms with Gasteiger partial charge in [-0.1, -0.05) is 12.1 Å². The van der Waals surface area contributed by atoms with Gasteiger partial charge < -0.3 is 5.11 Å². The molecule has 1 atom stereocenters. The van der Waals surface area contributed by atoms with Gasteiger partial charge in [-0.3, -0.25) is 9.80 Å². The monoisotopic (exact) mass is 354 g/mol. The van der Waals surface area contributed by atoms with Crippen molar-refractivity contribution in [3.63, 3.8) is 0 Å². The predicted molar refractivity (Wildman–Crippen MR) is 103 cm³/mol. The molecule has 0 spiro atoms. The summed E-state index contributed by atoms with van der Waals surface area (Å²) in [6.45, 7) is 6.03. The summed E-state index contributed by atoms with van der Waals surface area (Å²) in [5.74, 6) is 0.524. The minimum Gasteiger partial charge on any atom is -0.396 e. The maximum atomic E-state index is 9.35. The Balaban J connectivity index is 1.36. The van der Waals surface area contributed by atoms with Gasteiger partial charge in [-0.2, -0.15) is 5.10 Å². The number of likely N-dealkylation sites (tertiary alicyclic amines) is 2. The summed E-state index contributed by atoms with van der Waals surface area (Å²) in [5, 5.41) is 13.7. The van der Waals surface area contributed by atoms with E-state index in [9.17, 15) is 5.11 Å². The maximum absolute atomic E-state index is 9.35. The third-order valence-electron chi connectivity index (χ3n) is 5.99. The number of aliphatic hydroxyl groups excluding tert-OH is 1. The Labute approximate surface area is 156 Å². The molecule has 0 bridgehead atoms. The van der Waals surface area contributed by atoms with Crippen LogP contribution in [0.5, 0.6) is 0 Å². The van der Waals surface area contributed by atoms with E-state index in [1.165, 1.54) is 24.9 Å². The smallest absolute Gasteiger partial charge is 0.0648 e. The van der Waals surface area contributed by atoms with E-state index >= 15 is 0 Å². The average Bonchev–Trinajstić information content (AvgIpc) is 3.23. The largest absolute Gasteiger partial charge is 0.396 e. The summed E-state index contributed by atoms with van der Waals surface area (Å²) in [7, 11) is 0. The Bertz CT molecular complexity index is 679. The van der Waals surface area contributed by atoms with Gasteiger partial charge in [0.05, 0.1) is 5.69 Å². The highest BCUT2D eigenvalue weighted by molar-refractivity contribution is 5.35. The third-order valence-corrected chi connectivity index (χ3v) is 5.99. The molecule has 140 valence electrons. The Morgan fingerprint density at radius 3 is 2.73 bits per heavy atom.